The number of nitrogens with two attached hydrogens (primary N) is 1. The number of esters is 1. The average molecular weight is 256 g/mol. The Morgan fingerprint density at radius 1 is 1.47 bits per heavy atom. The van der Waals surface area contributed by atoms with Gasteiger partial charge in [-0.2, -0.15) is 0 Å². The van der Waals surface area contributed by atoms with Crippen molar-refractivity contribution in [2.24, 2.45) is 5.73 Å². The van der Waals surface area contributed by atoms with E-state index in [1.54, 1.807) is 0 Å². The summed E-state index contributed by atoms with van der Waals surface area (Å²) in [4.78, 5) is 11.5. The zero-order valence-electron chi connectivity index (χ0n) is 10.6. The molecule has 2 N–H and O–H groups in total. The Morgan fingerprint density at radius 3 is 2.59 bits per heavy atom. The van der Waals surface area contributed by atoms with Crippen LogP contribution in [0.5, 0.6) is 0 Å². The van der Waals surface area contributed by atoms with E-state index in [0.717, 1.165) is 11.1 Å². The van der Waals surface area contributed by atoms with E-state index < -0.39 is 17.4 Å². The third-order valence-electron chi connectivity index (χ3n) is 3.19. The Bertz CT molecular complexity index is 429. The predicted octanol–water partition coefficient (Wildman–Crippen LogP) is 2.43. The van der Waals surface area contributed by atoms with E-state index in [4.69, 9.17) is 22.1 Å². The Labute approximate surface area is 107 Å². The van der Waals surface area contributed by atoms with Crippen LogP contribution in [-0.2, 0) is 14.9 Å². The number of carbonyl (C=O) groups excluding carboxylic acids is 1. The van der Waals surface area contributed by atoms with Crippen molar-refractivity contribution in [3.63, 3.8) is 0 Å². The highest BCUT2D eigenvalue weighted by atomic mass is 35.5. The number of rotatable bonds is 3. The molecule has 1 aromatic rings. The average Bonchev–Trinajstić information content (AvgIpc) is 2.30. The zero-order valence-corrected chi connectivity index (χ0v) is 11.3. The summed E-state index contributed by atoms with van der Waals surface area (Å²) in [5.41, 5.74) is 7.32. The summed E-state index contributed by atoms with van der Waals surface area (Å²) < 4.78 is 4.69. The number of hydrogen-bond donors (Lipinski definition) is 1. The fraction of sp³-hybridized carbons (Fsp3) is 0.462. The molecule has 0 aliphatic carbocycles. The number of ether oxygens (including phenoxy) is 1. The van der Waals surface area contributed by atoms with E-state index in [-0.39, 0.29) is 0 Å². The van der Waals surface area contributed by atoms with E-state index in [9.17, 15) is 4.79 Å². The predicted molar refractivity (Wildman–Crippen MR) is 69.2 cm³/mol. The van der Waals surface area contributed by atoms with Crippen LogP contribution >= 0.6 is 11.6 Å². The quantitative estimate of drug-likeness (QED) is 0.844. The van der Waals surface area contributed by atoms with Crippen LogP contribution in [0.2, 0.25) is 5.02 Å². The Morgan fingerprint density at radius 2 is 2.06 bits per heavy atom. The largest absolute Gasteiger partial charge is 0.468 e. The Hall–Kier alpha value is -1.06. The second-order valence-electron chi connectivity index (χ2n) is 4.63. The minimum Gasteiger partial charge on any atom is -0.468 e. The van der Waals surface area contributed by atoms with Crippen LogP contribution in [-0.4, -0.2) is 19.1 Å². The van der Waals surface area contributed by atoms with E-state index in [1.807, 2.05) is 39.0 Å². The van der Waals surface area contributed by atoms with Gasteiger partial charge >= 0.3 is 5.97 Å². The van der Waals surface area contributed by atoms with Crippen LogP contribution in [0, 0.1) is 6.92 Å². The molecule has 0 saturated heterocycles. The SMILES string of the molecule is COC(=O)C(N)C(C)(C)c1cccc(Cl)c1C. The molecule has 0 aliphatic rings. The van der Waals surface area contributed by atoms with Gasteiger partial charge in [0.2, 0.25) is 0 Å². The third kappa shape index (κ3) is 2.61. The van der Waals surface area contributed by atoms with Gasteiger partial charge in [-0.15, -0.1) is 0 Å². The first-order valence-electron chi connectivity index (χ1n) is 5.41. The molecule has 17 heavy (non-hydrogen) atoms. The number of methoxy groups -OCH3 is 1. The van der Waals surface area contributed by atoms with Gasteiger partial charge in [0.25, 0.3) is 0 Å². The van der Waals surface area contributed by atoms with E-state index >= 15 is 0 Å². The molecule has 0 radical (unpaired) electrons. The fourth-order valence-corrected chi connectivity index (χ4v) is 2.07. The molecule has 0 bridgehead atoms. The Kier molecular flexibility index (Phi) is 4.17. The molecule has 0 amide bonds. The van der Waals surface area contributed by atoms with Crippen LogP contribution in [0.25, 0.3) is 0 Å². The van der Waals surface area contributed by atoms with Crippen LogP contribution in [0.1, 0.15) is 25.0 Å². The molecular weight excluding hydrogens is 238 g/mol. The minimum absolute atomic E-state index is 0.422. The van der Waals surface area contributed by atoms with Gasteiger partial charge in [-0.05, 0) is 24.1 Å². The molecule has 1 rings (SSSR count). The third-order valence-corrected chi connectivity index (χ3v) is 3.60. The normalized spacial score (nSPS) is 13.3. The van der Waals surface area contributed by atoms with Crippen molar-refractivity contribution in [1.82, 2.24) is 0 Å². The van der Waals surface area contributed by atoms with E-state index in [2.05, 4.69) is 0 Å². The lowest BCUT2D eigenvalue weighted by molar-refractivity contribution is -0.143. The van der Waals surface area contributed by atoms with Crippen LogP contribution in [0.15, 0.2) is 18.2 Å². The molecule has 0 heterocycles. The van der Waals surface area contributed by atoms with Gasteiger partial charge in [0.1, 0.15) is 6.04 Å². The van der Waals surface area contributed by atoms with Crippen LogP contribution < -0.4 is 5.73 Å². The van der Waals surface area contributed by atoms with Crippen molar-refractivity contribution >= 4 is 17.6 Å². The lowest BCUT2D eigenvalue weighted by Gasteiger charge is -2.31. The summed E-state index contributed by atoms with van der Waals surface area (Å²) in [6.07, 6.45) is 0. The lowest BCUT2D eigenvalue weighted by Crippen LogP contribution is -2.47. The number of hydrogen-bond acceptors (Lipinski definition) is 3. The van der Waals surface area contributed by atoms with Gasteiger partial charge in [0, 0.05) is 10.4 Å². The minimum atomic E-state index is -0.718. The second kappa shape index (κ2) is 5.07. The van der Waals surface area contributed by atoms with Gasteiger partial charge in [0.05, 0.1) is 7.11 Å². The molecule has 0 spiro atoms. The first-order chi connectivity index (χ1) is 7.82. The number of carbonyl (C=O) groups is 1. The van der Waals surface area contributed by atoms with Crippen molar-refractivity contribution in [3.8, 4) is 0 Å². The first kappa shape index (κ1) is 14.0. The summed E-state index contributed by atoms with van der Waals surface area (Å²) in [5.74, 6) is -0.422. The van der Waals surface area contributed by atoms with Crippen LogP contribution in [0.4, 0.5) is 0 Å². The van der Waals surface area contributed by atoms with Gasteiger partial charge in [-0.25, -0.2) is 0 Å². The number of halogens is 1. The molecule has 4 heteroatoms. The lowest BCUT2D eigenvalue weighted by atomic mass is 9.76. The van der Waals surface area contributed by atoms with Crippen molar-refractivity contribution in [1.29, 1.82) is 0 Å². The van der Waals surface area contributed by atoms with Gasteiger partial charge in [0.15, 0.2) is 0 Å². The smallest absolute Gasteiger partial charge is 0.323 e. The molecule has 94 valence electrons. The van der Waals surface area contributed by atoms with Crippen molar-refractivity contribution in [2.45, 2.75) is 32.2 Å². The molecule has 1 unspecified atom stereocenters. The summed E-state index contributed by atoms with van der Waals surface area (Å²) in [7, 11) is 1.34. The highest BCUT2D eigenvalue weighted by Gasteiger charge is 2.35. The fourth-order valence-electron chi connectivity index (χ4n) is 1.89. The molecule has 1 atom stereocenters. The maximum Gasteiger partial charge on any atom is 0.323 e. The molecule has 0 saturated carbocycles. The van der Waals surface area contributed by atoms with E-state index in [1.165, 1.54) is 7.11 Å². The summed E-state index contributed by atoms with van der Waals surface area (Å²) in [6.45, 7) is 5.74. The second-order valence-corrected chi connectivity index (χ2v) is 5.04. The standard InChI is InChI=1S/C13H18ClNO2/c1-8-9(6-5-7-10(8)14)13(2,3)11(15)12(16)17-4/h5-7,11H,15H2,1-4H3. The maximum absolute atomic E-state index is 11.5. The zero-order chi connectivity index (χ0) is 13.2. The van der Waals surface area contributed by atoms with Gasteiger partial charge in [-0.3, -0.25) is 4.79 Å². The molecule has 0 aromatic heterocycles. The molecular formula is C13H18ClNO2. The topological polar surface area (TPSA) is 52.3 Å². The van der Waals surface area contributed by atoms with Crippen molar-refractivity contribution in [3.05, 3.63) is 34.3 Å². The Balaban J connectivity index is 3.21. The summed E-state index contributed by atoms with van der Waals surface area (Å²) >= 11 is 6.08. The van der Waals surface area contributed by atoms with Crippen molar-refractivity contribution < 1.29 is 9.53 Å². The van der Waals surface area contributed by atoms with Crippen LogP contribution in [0.3, 0.4) is 0 Å². The summed E-state index contributed by atoms with van der Waals surface area (Å²) in [5, 5.41) is 0.674. The molecule has 0 aliphatic heterocycles. The maximum atomic E-state index is 11.5. The summed E-state index contributed by atoms with van der Waals surface area (Å²) in [6, 6.07) is 4.89. The van der Waals surface area contributed by atoms with E-state index in [0.29, 0.717) is 5.02 Å². The van der Waals surface area contributed by atoms with Crippen molar-refractivity contribution in [2.75, 3.05) is 7.11 Å². The molecule has 3 nitrogen and oxygen atoms in total. The molecule has 0 fully saturated rings. The molecule has 1 aromatic carbocycles. The van der Waals surface area contributed by atoms with Gasteiger partial charge < -0.3 is 10.5 Å². The highest BCUT2D eigenvalue weighted by Crippen LogP contribution is 2.32. The van der Waals surface area contributed by atoms with Gasteiger partial charge in [-0.1, -0.05) is 37.6 Å². The number of benzene rings is 1. The first-order valence-corrected chi connectivity index (χ1v) is 5.79. The highest BCUT2D eigenvalue weighted by molar-refractivity contribution is 6.31. The monoisotopic (exact) mass is 255 g/mol.